The number of aliphatic imine (C=N–C) groups is 1. The molecule has 0 fully saturated rings. The normalized spacial score (nSPS) is 9.78. The van der Waals surface area contributed by atoms with Gasteiger partial charge in [0.15, 0.2) is 0 Å². The SMILES string of the molecule is CN=CN(C)C=C(C)C. The lowest BCUT2D eigenvalue weighted by atomic mass is 10.4. The third-order valence-electron chi connectivity index (χ3n) is 0.759. The minimum atomic E-state index is 1.28. The quantitative estimate of drug-likeness (QED) is 0.404. The van der Waals surface area contributed by atoms with E-state index < -0.39 is 0 Å². The van der Waals surface area contributed by atoms with Crippen LogP contribution < -0.4 is 0 Å². The lowest BCUT2D eigenvalue weighted by molar-refractivity contribution is 0.700. The van der Waals surface area contributed by atoms with Gasteiger partial charge in [0.25, 0.3) is 0 Å². The Morgan fingerprint density at radius 2 is 2.00 bits per heavy atom. The van der Waals surface area contributed by atoms with Gasteiger partial charge < -0.3 is 4.90 Å². The van der Waals surface area contributed by atoms with Crippen molar-refractivity contribution in [2.24, 2.45) is 4.99 Å². The Hall–Kier alpha value is -0.790. The third-order valence-corrected chi connectivity index (χ3v) is 0.759. The number of hydrogen-bond acceptors (Lipinski definition) is 1. The maximum atomic E-state index is 3.84. The lowest BCUT2D eigenvalue weighted by Crippen LogP contribution is -2.07. The van der Waals surface area contributed by atoms with Crippen molar-refractivity contribution in [2.45, 2.75) is 13.8 Å². The number of allylic oxidation sites excluding steroid dienone is 1. The molecule has 0 spiro atoms. The van der Waals surface area contributed by atoms with Crippen molar-refractivity contribution in [1.82, 2.24) is 4.90 Å². The molecule has 0 amide bonds. The summed E-state index contributed by atoms with van der Waals surface area (Å²) in [7, 11) is 3.72. The summed E-state index contributed by atoms with van der Waals surface area (Å²) in [5.74, 6) is 0. The van der Waals surface area contributed by atoms with E-state index in [0.29, 0.717) is 0 Å². The molecular weight excluding hydrogens is 112 g/mol. The minimum Gasteiger partial charge on any atom is -0.343 e. The molecule has 0 bridgehead atoms. The van der Waals surface area contributed by atoms with E-state index in [4.69, 9.17) is 0 Å². The molecule has 0 rings (SSSR count). The number of hydrogen-bond donors (Lipinski definition) is 0. The molecule has 0 aromatic heterocycles. The van der Waals surface area contributed by atoms with E-state index in [1.807, 2.05) is 18.1 Å². The zero-order valence-electron chi connectivity index (χ0n) is 6.55. The molecule has 0 heterocycles. The first-order chi connectivity index (χ1) is 4.16. The first-order valence-corrected chi connectivity index (χ1v) is 2.96. The van der Waals surface area contributed by atoms with E-state index in [2.05, 4.69) is 18.8 Å². The van der Waals surface area contributed by atoms with Crippen LogP contribution in [0.5, 0.6) is 0 Å². The summed E-state index contributed by atoms with van der Waals surface area (Å²) in [6.45, 7) is 4.11. The molecule has 2 heteroatoms. The molecule has 2 nitrogen and oxygen atoms in total. The van der Waals surface area contributed by atoms with Crippen LogP contribution in [0.15, 0.2) is 16.8 Å². The van der Waals surface area contributed by atoms with Crippen LogP contribution >= 0.6 is 0 Å². The van der Waals surface area contributed by atoms with Crippen molar-refractivity contribution in [3.63, 3.8) is 0 Å². The molecule has 0 aliphatic carbocycles. The molecule has 52 valence electrons. The molecule has 0 aromatic rings. The molecule has 0 aromatic carbocycles. The highest BCUT2D eigenvalue weighted by atomic mass is 15.1. The van der Waals surface area contributed by atoms with Crippen LogP contribution in [0, 0.1) is 0 Å². The topological polar surface area (TPSA) is 15.6 Å². The number of rotatable bonds is 2. The van der Waals surface area contributed by atoms with E-state index >= 15 is 0 Å². The highest BCUT2D eigenvalue weighted by Crippen LogP contribution is 1.89. The van der Waals surface area contributed by atoms with Crippen molar-refractivity contribution in [3.8, 4) is 0 Å². The Morgan fingerprint density at radius 3 is 2.33 bits per heavy atom. The van der Waals surface area contributed by atoms with Gasteiger partial charge in [-0.05, 0) is 13.8 Å². The van der Waals surface area contributed by atoms with Crippen LogP contribution in [0.1, 0.15) is 13.8 Å². The Bertz CT molecular complexity index is 121. The second-order valence-electron chi connectivity index (χ2n) is 2.25. The largest absolute Gasteiger partial charge is 0.343 e. The molecule has 0 saturated heterocycles. The van der Waals surface area contributed by atoms with Crippen molar-refractivity contribution in [3.05, 3.63) is 11.8 Å². The van der Waals surface area contributed by atoms with Gasteiger partial charge in [-0.25, -0.2) is 0 Å². The fourth-order valence-corrected chi connectivity index (χ4v) is 0.623. The third kappa shape index (κ3) is 5.07. The van der Waals surface area contributed by atoms with Gasteiger partial charge in [0.05, 0.1) is 6.34 Å². The van der Waals surface area contributed by atoms with Gasteiger partial charge in [-0.15, -0.1) is 0 Å². The zero-order chi connectivity index (χ0) is 7.28. The molecule has 0 saturated carbocycles. The fraction of sp³-hybridized carbons (Fsp3) is 0.571. The van der Waals surface area contributed by atoms with Crippen LogP contribution in [-0.4, -0.2) is 25.3 Å². The summed E-state index contributed by atoms with van der Waals surface area (Å²) in [5.41, 5.74) is 1.28. The van der Waals surface area contributed by atoms with Gasteiger partial charge >= 0.3 is 0 Å². The average molecular weight is 126 g/mol. The fourth-order valence-electron chi connectivity index (χ4n) is 0.623. The van der Waals surface area contributed by atoms with Crippen LogP contribution in [-0.2, 0) is 0 Å². The first kappa shape index (κ1) is 8.21. The molecule has 0 N–H and O–H groups in total. The summed E-state index contributed by atoms with van der Waals surface area (Å²) in [6, 6.07) is 0. The van der Waals surface area contributed by atoms with Gasteiger partial charge in [-0.1, -0.05) is 5.57 Å². The lowest BCUT2D eigenvalue weighted by Gasteiger charge is -2.05. The van der Waals surface area contributed by atoms with Gasteiger partial charge in [0, 0.05) is 20.3 Å². The monoisotopic (exact) mass is 126 g/mol. The van der Waals surface area contributed by atoms with Gasteiger partial charge in [-0.3, -0.25) is 4.99 Å². The Kier molecular flexibility index (Phi) is 3.76. The Balaban J connectivity index is 3.76. The standard InChI is InChI=1S/C7H14N2/c1-7(2)5-9(4)6-8-3/h5-6H,1-4H3. The van der Waals surface area contributed by atoms with Crippen LogP contribution in [0.2, 0.25) is 0 Å². The first-order valence-electron chi connectivity index (χ1n) is 2.96. The molecule has 0 aliphatic rings. The molecule has 0 atom stereocenters. The highest BCUT2D eigenvalue weighted by molar-refractivity contribution is 5.55. The summed E-state index contributed by atoms with van der Waals surface area (Å²) in [6.07, 6.45) is 3.79. The molecule has 9 heavy (non-hydrogen) atoms. The zero-order valence-corrected chi connectivity index (χ0v) is 6.55. The molecule has 0 unspecified atom stereocenters. The van der Waals surface area contributed by atoms with E-state index in [1.54, 1.807) is 13.4 Å². The summed E-state index contributed by atoms with van der Waals surface area (Å²) < 4.78 is 0. The van der Waals surface area contributed by atoms with Crippen LogP contribution in [0.3, 0.4) is 0 Å². The van der Waals surface area contributed by atoms with Crippen LogP contribution in [0.4, 0.5) is 0 Å². The second kappa shape index (κ2) is 4.13. The Labute approximate surface area is 56.9 Å². The predicted octanol–water partition coefficient (Wildman–Crippen LogP) is 1.50. The maximum Gasteiger partial charge on any atom is 0.0883 e. The van der Waals surface area contributed by atoms with Crippen molar-refractivity contribution < 1.29 is 0 Å². The van der Waals surface area contributed by atoms with Crippen molar-refractivity contribution in [1.29, 1.82) is 0 Å². The summed E-state index contributed by atoms with van der Waals surface area (Å²) in [4.78, 5) is 5.77. The number of nitrogens with zero attached hydrogens (tertiary/aromatic N) is 2. The van der Waals surface area contributed by atoms with E-state index in [1.165, 1.54) is 5.57 Å². The van der Waals surface area contributed by atoms with Crippen LogP contribution in [0.25, 0.3) is 0 Å². The van der Waals surface area contributed by atoms with E-state index in [-0.39, 0.29) is 0 Å². The van der Waals surface area contributed by atoms with Crippen molar-refractivity contribution >= 4 is 6.34 Å². The second-order valence-corrected chi connectivity index (χ2v) is 2.25. The predicted molar refractivity (Wildman–Crippen MR) is 41.6 cm³/mol. The van der Waals surface area contributed by atoms with E-state index in [9.17, 15) is 0 Å². The molecular formula is C7H14N2. The maximum absolute atomic E-state index is 3.84. The van der Waals surface area contributed by atoms with Crippen molar-refractivity contribution in [2.75, 3.05) is 14.1 Å². The molecule has 0 aliphatic heterocycles. The van der Waals surface area contributed by atoms with Gasteiger partial charge in [0.2, 0.25) is 0 Å². The highest BCUT2D eigenvalue weighted by Gasteiger charge is 1.81. The van der Waals surface area contributed by atoms with Gasteiger partial charge in [-0.2, -0.15) is 0 Å². The van der Waals surface area contributed by atoms with E-state index in [0.717, 1.165) is 0 Å². The minimum absolute atomic E-state index is 1.28. The molecule has 0 radical (unpaired) electrons. The average Bonchev–Trinajstić information content (AvgIpc) is 1.63. The smallest absolute Gasteiger partial charge is 0.0883 e. The Morgan fingerprint density at radius 1 is 1.44 bits per heavy atom. The summed E-state index contributed by atoms with van der Waals surface area (Å²) >= 11 is 0. The van der Waals surface area contributed by atoms with Gasteiger partial charge in [0.1, 0.15) is 0 Å². The summed E-state index contributed by atoms with van der Waals surface area (Å²) in [5, 5.41) is 0.